The molecule has 0 aromatic carbocycles. The standard InChI is InChI=1S/C10H13N7O/c1-17(2)10-15-7(14-9(11)16-10)6-8(18-3)13-5-4-12-6/h4-5H,1-3H3,(H2,11,14,15,16). The van der Waals surface area contributed by atoms with Gasteiger partial charge in [0.25, 0.3) is 0 Å². The molecule has 0 fully saturated rings. The van der Waals surface area contributed by atoms with Crippen LogP contribution in [-0.4, -0.2) is 46.1 Å². The minimum absolute atomic E-state index is 0.122. The van der Waals surface area contributed by atoms with Gasteiger partial charge < -0.3 is 15.4 Å². The average Bonchev–Trinajstić information content (AvgIpc) is 2.38. The van der Waals surface area contributed by atoms with Gasteiger partial charge in [-0.05, 0) is 0 Å². The van der Waals surface area contributed by atoms with Crippen molar-refractivity contribution in [3.05, 3.63) is 12.4 Å². The highest BCUT2D eigenvalue weighted by molar-refractivity contribution is 5.58. The van der Waals surface area contributed by atoms with E-state index in [0.717, 1.165) is 0 Å². The third-order valence-corrected chi connectivity index (χ3v) is 2.11. The molecule has 0 radical (unpaired) electrons. The van der Waals surface area contributed by atoms with Crippen LogP contribution < -0.4 is 15.4 Å². The topological polar surface area (TPSA) is 103 Å². The Balaban J connectivity index is 2.56. The summed E-state index contributed by atoms with van der Waals surface area (Å²) in [5.74, 6) is 1.24. The van der Waals surface area contributed by atoms with Crippen LogP contribution in [0.4, 0.5) is 11.9 Å². The zero-order valence-electron chi connectivity index (χ0n) is 10.3. The number of ether oxygens (including phenoxy) is 1. The van der Waals surface area contributed by atoms with Crippen molar-refractivity contribution in [2.45, 2.75) is 0 Å². The lowest BCUT2D eigenvalue weighted by atomic mass is 10.4. The second-order valence-electron chi connectivity index (χ2n) is 3.63. The van der Waals surface area contributed by atoms with Gasteiger partial charge in [0.05, 0.1) is 7.11 Å². The van der Waals surface area contributed by atoms with Crippen LogP contribution in [0.1, 0.15) is 0 Å². The van der Waals surface area contributed by atoms with Crippen molar-refractivity contribution in [3.8, 4) is 17.4 Å². The summed E-state index contributed by atoms with van der Waals surface area (Å²) in [6.07, 6.45) is 3.06. The summed E-state index contributed by atoms with van der Waals surface area (Å²) in [5, 5.41) is 0. The van der Waals surface area contributed by atoms with E-state index in [1.807, 2.05) is 14.1 Å². The van der Waals surface area contributed by atoms with E-state index in [-0.39, 0.29) is 5.95 Å². The summed E-state index contributed by atoms with van der Waals surface area (Å²) >= 11 is 0. The number of hydrogen-bond donors (Lipinski definition) is 1. The number of nitrogens with zero attached hydrogens (tertiary/aromatic N) is 6. The van der Waals surface area contributed by atoms with Crippen molar-refractivity contribution in [2.24, 2.45) is 0 Å². The Morgan fingerprint density at radius 2 is 1.83 bits per heavy atom. The maximum Gasteiger partial charge on any atom is 0.243 e. The van der Waals surface area contributed by atoms with Gasteiger partial charge in [-0.25, -0.2) is 9.97 Å². The fourth-order valence-electron chi connectivity index (χ4n) is 1.31. The highest BCUT2D eigenvalue weighted by Gasteiger charge is 2.14. The normalized spacial score (nSPS) is 10.2. The molecule has 2 heterocycles. The van der Waals surface area contributed by atoms with Gasteiger partial charge in [-0.1, -0.05) is 0 Å². The van der Waals surface area contributed by atoms with Crippen LogP contribution in [0.3, 0.4) is 0 Å². The highest BCUT2D eigenvalue weighted by Crippen LogP contribution is 2.23. The van der Waals surface area contributed by atoms with Crippen LogP contribution >= 0.6 is 0 Å². The molecule has 0 aliphatic heterocycles. The molecule has 0 aliphatic carbocycles. The number of aromatic nitrogens is 5. The molecule has 2 N–H and O–H groups in total. The first-order valence-electron chi connectivity index (χ1n) is 5.16. The summed E-state index contributed by atoms with van der Waals surface area (Å²) in [7, 11) is 5.13. The van der Waals surface area contributed by atoms with E-state index in [9.17, 15) is 0 Å². The molecule has 18 heavy (non-hydrogen) atoms. The first-order chi connectivity index (χ1) is 8.61. The van der Waals surface area contributed by atoms with Crippen LogP contribution in [0.25, 0.3) is 11.5 Å². The molecule has 94 valence electrons. The fraction of sp³-hybridized carbons (Fsp3) is 0.300. The van der Waals surface area contributed by atoms with Gasteiger partial charge in [0.2, 0.25) is 17.8 Å². The number of nitrogen functional groups attached to an aromatic ring is 1. The van der Waals surface area contributed by atoms with Crippen molar-refractivity contribution in [1.82, 2.24) is 24.9 Å². The van der Waals surface area contributed by atoms with E-state index in [2.05, 4.69) is 24.9 Å². The maximum absolute atomic E-state index is 5.65. The summed E-state index contributed by atoms with van der Waals surface area (Å²) < 4.78 is 5.11. The minimum atomic E-state index is 0.122. The first-order valence-corrected chi connectivity index (χ1v) is 5.16. The molecule has 0 saturated carbocycles. The molecule has 0 unspecified atom stereocenters. The Hall–Kier alpha value is -2.51. The van der Waals surface area contributed by atoms with Gasteiger partial charge in [0.1, 0.15) is 0 Å². The van der Waals surface area contributed by atoms with Crippen LogP contribution in [0.5, 0.6) is 5.88 Å². The Bertz CT molecular complexity index is 558. The lowest BCUT2D eigenvalue weighted by molar-refractivity contribution is 0.397. The van der Waals surface area contributed by atoms with E-state index in [0.29, 0.717) is 23.3 Å². The summed E-state index contributed by atoms with van der Waals surface area (Å²) in [5.41, 5.74) is 6.08. The number of anilines is 2. The Morgan fingerprint density at radius 3 is 2.50 bits per heavy atom. The smallest absolute Gasteiger partial charge is 0.243 e. The molecule has 0 amide bonds. The molecule has 2 rings (SSSR count). The largest absolute Gasteiger partial charge is 0.479 e. The molecule has 0 bridgehead atoms. The zero-order valence-corrected chi connectivity index (χ0v) is 10.3. The van der Waals surface area contributed by atoms with E-state index in [1.165, 1.54) is 19.5 Å². The summed E-state index contributed by atoms with van der Waals surface area (Å²) in [6.45, 7) is 0. The third kappa shape index (κ3) is 2.26. The number of nitrogens with two attached hydrogens (primary N) is 1. The monoisotopic (exact) mass is 247 g/mol. The fourth-order valence-corrected chi connectivity index (χ4v) is 1.31. The molecule has 0 spiro atoms. The van der Waals surface area contributed by atoms with E-state index in [1.54, 1.807) is 4.90 Å². The summed E-state index contributed by atoms with van der Waals surface area (Å²) in [4.78, 5) is 22.2. The number of hydrogen-bond acceptors (Lipinski definition) is 8. The van der Waals surface area contributed by atoms with Crippen molar-refractivity contribution < 1.29 is 4.74 Å². The molecule has 8 heteroatoms. The van der Waals surface area contributed by atoms with Gasteiger partial charge in [0.15, 0.2) is 11.5 Å². The molecule has 0 aliphatic rings. The Kier molecular flexibility index (Phi) is 3.18. The van der Waals surface area contributed by atoms with Crippen LogP contribution in [0.2, 0.25) is 0 Å². The van der Waals surface area contributed by atoms with Crippen molar-refractivity contribution in [3.63, 3.8) is 0 Å². The second-order valence-corrected chi connectivity index (χ2v) is 3.63. The van der Waals surface area contributed by atoms with E-state index >= 15 is 0 Å². The van der Waals surface area contributed by atoms with Crippen LogP contribution in [-0.2, 0) is 0 Å². The van der Waals surface area contributed by atoms with Gasteiger partial charge in [-0.3, -0.25) is 0 Å². The van der Waals surface area contributed by atoms with Crippen LogP contribution in [0.15, 0.2) is 12.4 Å². The molecule has 2 aromatic heterocycles. The van der Waals surface area contributed by atoms with E-state index < -0.39 is 0 Å². The molecular formula is C10H13N7O. The first kappa shape index (κ1) is 12.0. The Labute approximate surface area is 104 Å². The lowest BCUT2D eigenvalue weighted by Gasteiger charge is -2.11. The highest BCUT2D eigenvalue weighted by atomic mass is 16.5. The lowest BCUT2D eigenvalue weighted by Crippen LogP contribution is -2.15. The minimum Gasteiger partial charge on any atom is -0.479 e. The van der Waals surface area contributed by atoms with Crippen molar-refractivity contribution in [1.29, 1.82) is 0 Å². The van der Waals surface area contributed by atoms with E-state index in [4.69, 9.17) is 10.5 Å². The van der Waals surface area contributed by atoms with Gasteiger partial charge in [0, 0.05) is 26.5 Å². The van der Waals surface area contributed by atoms with Crippen molar-refractivity contribution >= 4 is 11.9 Å². The van der Waals surface area contributed by atoms with Crippen molar-refractivity contribution in [2.75, 3.05) is 31.8 Å². The quantitative estimate of drug-likeness (QED) is 0.807. The maximum atomic E-state index is 5.65. The summed E-state index contributed by atoms with van der Waals surface area (Å²) in [6, 6.07) is 0. The third-order valence-electron chi connectivity index (χ3n) is 2.11. The molecule has 2 aromatic rings. The van der Waals surface area contributed by atoms with Gasteiger partial charge in [-0.2, -0.15) is 15.0 Å². The van der Waals surface area contributed by atoms with Gasteiger partial charge >= 0.3 is 0 Å². The predicted molar refractivity (Wildman–Crippen MR) is 66.1 cm³/mol. The SMILES string of the molecule is COc1nccnc1-c1nc(N)nc(N(C)C)n1. The average molecular weight is 247 g/mol. The Morgan fingerprint density at radius 1 is 1.11 bits per heavy atom. The zero-order chi connectivity index (χ0) is 13.1. The second kappa shape index (κ2) is 4.78. The molecule has 0 atom stereocenters. The molecular weight excluding hydrogens is 234 g/mol. The van der Waals surface area contributed by atoms with Crippen LogP contribution in [0, 0.1) is 0 Å². The predicted octanol–water partition coefficient (Wildman–Crippen LogP) is -0.0146. The molecule has 8 nitrogen and oxygen atoms in total. The number of methoxy groups -OCH3 is 1. The molecule has 0 saturated heterocycles. The van der Waals surface area contributed by atoms with Gasteiger partial charge in [-0.15, -0.1) is 0 Å². The number of rotatable bonds is 3.